The SMILES string of the molecule is O=S(=O)(O)c1ccc2c(N=Nc3c(S(=O)(=O)O)ccc4ccccc34)c(O)c(S(=O)(=O)O)cc2c1. The van der Waals surface area contributed by atoms with Crippen LogP contribution in [0.25, 0.3) is 21.5 Å². The Labute approximate surface area is 198 Å². The summed E-state index contributed by atoms with van der Waals surface area (Å²) in [5.74, 6) is -1.06. The Balaban J connectivity index is 2.07. The van der Waals surface area contributed by atoms with Gasteiger partial charge in [0.25, 0.3) is 30.4 Å². The van der Waals surface area contributed by atoms with E-state index in [1.165, 1.54) is 12.1 Å². The molecule has 4 N–H and O–H groups in total. The summed E-state index contributed by atoms with van der Waals surface area (Å²) in [4.78, 5) is -2.27. The van der Waals surface area contributed by atoms with E-state index < -0.39 is 56.5 Å². The second-order valence-electron chi connectivity index (χ2n) is 7.21. The normalized spacial score (nSPS) is 13.1. The van der Waals surface area contributed by atoms with Crippen molar-refractivity contribution in [1.82, 2.24) is 0 Å². The van der Waals surface area contributed by atoms with Gasteiger partial charge in [-0.2, -0.15) is 25.3 Å². The molecule has 0 aromatic heterocycles. The predicted molar refractivity (Wildman–Crippen MR) is 123 cm³/mol. The number of azo groups is 1. The van der Waals surface area contributed by atoms with E-state index in [2.05, 4.69) is 10.2 Å². The van der Waals surface area contributed by atoms with Gasteiger partial charge in [-0.25, -0.2) is 0 Å². The van der Waals surface area contributed by atoms with Crippen LogP contribution in [0.1, 0.15) is 0 Å². The number of phenols is 1. The third-order valence-electron chi connectivity index (χ3n) is 4.99. The molecule has 15 heteroatoms. The maximum absolute atomic E-state index is 11.9. The second-order valence-corrected chi connectivity index (χ2v) is 11.4. The van der Waals surface area contributed by atoms with Gasteiger partial charge in [-0.1, -0.05) is 36.4 Å². The summed E-state index contributed by atoms with van der Waals surface area (Å²) < 4.78 is 98.9. The van der Waals surface area contributed by atoms with E-state index in [0.29, 0.717) is 5.39 Å². The number of rotatable bonds is 5. The molecule has 4 aromatic rings. The molecule has 0 fully saturated rings. The molecule has 0 saturated heterocycles. The summed E-state index contributed by atoms with van der Waals surface area (Å²) in [5, 5.41) is 18.7. The van der Waals surface area contributed by atoms with E-state index in [1.54, 1.807) is 18.2 Å². The molecule has 12 nitrogen and oxygen atoms in total. The van der Waals surface area contributed by atoms with Gasteiger partial charge in [0.05, 0.1) is 4.90 Å². The fourth-order valence-corrected chi connectivity index (χ4v) is 5.20. The van der Waals surface area contributed by atoms with E-state index in [1.807, 2.05) is 0 Å². The van der Waals surface area contributed by atoms with Crippen LogP contribution in [0.15, 0.2) is 85.6 Å². The Kier molecular flexibility index (Phi) is 5.87. The predicted octanol–water partition coefficient (Wildman–Crippen LogP) is 3.85. The Morgan fingerprint density at radius 2 is 1.17 bits per heavy atom. The molecule has 0 atom stereocenters. The first-order chi connectivity index (χ1) is 16.2. The summed E-state index contributed by atoms with van der Waals surface area (Å²) in [7, 11) is -14.5. The highest BCUT2D eigenvalue weighted by atomic mass is 32.2. The molecular formula is C20H14N2O10S3. The van der Waals surface area contributed by atoms with Crippen LogP contribution in [0, 0.1) is 0 Å². The third-order valence-corrected chi connectivity index (χ3v) is 7.59. The second kappa shape index (κ2) is 8.33. The first-order valence-electron chi connectivity index (χ1n) is 9.33. The van der Waals surface area contributed by atoms with Gasteiger partial charge >= 0.3 is 0 Å². The molecule has 0 amide bonds. The summed E-state index contributed by atoms with van der Waals surface area (Å²) in [6.07, 6.45) is 0. The van der Waals surface area contributed by atoms with Crippen LogP contribution in [0.5, 0.6) is 5.75 Å². The lowest BCUT2D eigenvalue weighted by atomic mass is 10.1. The third kappa shape index (κ3) is 4.72. The average Bonchev–Trinajstić information content (AvgIpc) is 2.75. The highest BCUT2D eigenvalue weighted by Gasteiger charge is 2.24. The van der Waals surface area contributed by atoms with Crippen molar-refractivity contribution in [3.8, 4) is 5.75 Å². The fourth-order valence-electron chi connectivity index (χ4n) is 3.43. The summed E-state index contributed by atoms with van der Waals surface area (Å²) in [5.41, 5.74) is -0.892. The van der Waals surface area contributed by atoms with Gasteiger partial charge in [0.2, 0.25) is 0 Å². The molecular weight excluding hydrogens is 524 g/mol. The van der Waals surface area contributed by atoms with Gasteiger partial charge in [-0.15, -0.1) is 10.2 Å². The van der Waals surface area contributed by atoms with E-state index >= 15 is 0 Å². The van der Waals surface area contributed by atoms with Crippen LogP contribution >= 0.6 is 0 Å². The van der Waals surface area contributed by atoms with Crippen molar-refractivity contribution >= 4 is 63.3 Å². The lowest BCUT2D eigenvalue weighted by Gasteiger charge is -2.10. The maximum atomic E-state index is 11.9. The van der Waals surface area contributed by atoms with Gasteiger partial charge in [0.15, 0.2) is 5.75 Å². The van der Waals surface area contributed by atoms with E-state index in [0.717, 1.165) is 30.3 Å². The quantitative estimate of drug-likeness (QED) is 0.213. The van der Waals surface area contributed by atoms with Crippen LogP contribution in [-0.4, -0.2) is 44.0 Å². The fraction of sp³-hybridized carbons (Fsp3) is 0. The molecule has 35 heavy (non-hydrogen) atoms. The summed E-state index contributed by atoms with van der Waals surface area (Å²) >= 11 is 0. The van der Waals surface area contributed by atoms with Gasteiger partial charge in [0.1, 0.15) is 21.2 Å². The minimum Gasteiger partial charge on any atom is -0.504 e. The smallest absolute Gasteiger partial charge is 0.298 e. The molecule has 0 radical (unpaired) electrons. The number of benzene rings is 4. The lowest BCUT2D eigenvalue weighted by Crippen LogP contribution is -2.00. The molecule has 0 spiro atoms. The molecule has 4 aromatic carbocycles. The highest BCUT2D eigenvalue weighted by Crippen LogP contribution is 2.43. The maximum Gasteiger partial charge on any atom is 0.298 e. The highest BCUT2D eigenvalue weighted by molar-refractivity contribution is 7.86. The zero-order valence-corrected chi connectivity index (χ0v) is 19.6. The van der Waals surface area contributed by atoms with Crippen molar-refractivity contribution in [2.24, 2.45) is 10.2 Å². The van der Waals surface area contributed by atoms with Crippen molar-refractivity contribution in [2.75, 3.05) is 0 Å². The number of hydrogen-bond donors (Lipinski definition) is 4. The van der Waals surface area contributed by atoms with Crippen molar-refractivity contribution in [3.63, 3.8) is 0 Å². The summed E-state index contributed by atoms with van der Waals surface area (Å²) in [6, 6.07) is 12.5. The molecule has 0 bridgehead atoms. The standard InChI is InChI=1S/C20H14N2O10S3/c23-20-17(35(30,31)32)10-12-9-13(33(24,25)26)6-7-15(12)19(20)22-21-18-14-4-2-1-3-11(14)5-8-16(18)34(27,28)29/h1-10,23H,(H,24,25,26)(H,27,28,29)(H,30,31,32). The van der Waals surface area contributed by atoms with E-state index in [9.17, 15) is 44.0 Å². The van der Waals surface area contributed by atoms with Crippen molar-refractivity contribution in [2.45, 2.75) is 14.7 Å². The first-order valence-corrected chi connectivity index (χ1v) is 13.7. The van der Waals surface area contributed by atoms with Crippen LogP contribution in [0.3, 0.4) is 0 Å². The molecule has 0 aliphatic rings. The Morgan fingerprint density at radius 1 is 0.571 bits per heavy atom. The number of hydrogen-bond acceptors (Lipinski definition) is 9. The van der Waals surface area contributed by atoms with Gasteiger partial charge < -0.3 is 5.11 Å². The van der Waals surface area contributed by atoms with Crippen molar-refractivity contribution < 1.29 is 44.0 Å². The molecule has 0 aliphatic heterocycles. The Bertz CT molecular complexity index is 1880. The van der Waals surface area contributed by atoms with Crippen molar-refractivity contribution in [3.05, 3.63) is 60.7 Å². The Morgan fingerprint density at radius 3 is 1.80 bits per heavy atom. The van der Waals surface area contributed by atoms with Crippen LogP contribution < -0.4 is 0 Å². The average molecular weight is 539 g/mol. The lowest BCUT2D eigenvalue weighted by molar-refractivity contribution is 0.445. The zero-order valence-electron chi connectivity index (χ0n) is 17.1. The van der Waals surface area contributed by atoms with Gasteiger partial charge in [-0.3, -0.25) is 13.7 Å². The van der Waals surface area contributed by atoms with Crippen LogP contribution in [0.2, 0.25) is 0 Å². The molecule has 0 saturated carbocycles. The zero-order chi connectivity index (χ0) is 25.8. The topological polar surface area (TPSA) is 208 Å². The number of fused-ring (bicyclic) bond motifs is 2. The minimum atomic E-state index is -5.04. The number of aromatic hydroxyl groups is 1. The molecule has 182 valence electrons. The van der Waals surface area contributed by atoms with Gasteiger partial charge in [0, 0.05) is 10.8 Å². The molecule has 0 aliphatic carbocycles. The number of phenolic OH excluding ortho intramolecular Hbond substituents is 1. The van der Waals surface area contributed by atoms with Crippen LogP contribution in [-0.2, 0) is 30.4 Å². The summed E-state index contributed by atoms with van der Waals surface area (Å²) in [6.45, 7) is 0. The first kappa shape index (κ1) is 24.6. The Hall–Kier alpha value is -3.47. The van der Waals surface area contributed by atoms with E-state index in [4.69, 9.17) is 0 Å². The van der Waals surface area contributed by atoms with Crippen molar-refractivity contribution in [1.29, 1.82) is 0 Å². The molecule has 0 unspecified atom stereocenters. The molecule has 0 heterocycles. The number of nitrogens with zero attached hydrogens (tertiary/aromatic N) is 2. The largest absolute Gasteiger partial charge is 0.504 e. The van der Waals surface area contributed by atoms with Crippen LogP contribution in [0.4, 0.5) is 11.4 Å². The minimum absolute atomic E-state index is 0.0558. The monoisotopic (exact) mass is 538 g/mol. The van der Waals surface area contributed by atoms with E-state index in [-0.39, 0.29) is 21.8 Å². The van der Waals surface area contributed by atoms with Gasteiger partial charge in [-0.05, 0) is 35.0 Å². The molecule has 4 rings (SSSR count).